The number of rotatable bonds is 3. The van der Waals surface area contributed by atoms with Crippen LogP contribution in [0.25, 0.3) is 16.6 Å². The molecule has 1 aromatic carbocycles. The second-order valence-corrected chi connectivity index (χ2v) is 7.31. The number of carbonyl (C=O) groups excluding carboxylic acids is 1. The van der Waals surface area contributed by atoms with Gasteiger partial charge in [0.15, 0.2) is 5.69 Å². The van der Waals surface area contributed by atoms with Gasteiger partial charge in [-0.3, -0.25) is 9.78 Å². The molecular weight excluding hydrogens is 328 g/mol. The largest absolute Gasteiger partial charge is 0.337 e. The third-order valence-corrected chi connectivity index (χ3v) is 5.27. The van der Waals surface area contributed by atoms with Crippen LogP contribution in [0.5, 0.6) is 0 Å². The van der Waals surface area contributed by atoms with Crippen LogP contribution in [-0.4, -0.2) is 50.4 Å². The first-order valence-electron chi connectivity index (χ1n) is 8.78. The molecule has 1 fully saturated rings. The summed E-state index contributed by atoms with van der Waals surface area (Å²) in [6, 6.07) is 9.78. The minimum Gasteiger partial charge on any atom is -0.337 e. The minimum atomic E-state index is -0.0756. The zero-order chi connectivity index (χ0) is 18.3. The first kappa shape index (κ1) is 16.7. The lowest BCUT2D eigenvalue weighted by molar-refractivity contribution is 0.0770. The van der Waals surface area contributed by atoms with Crippen molar-refractivity contribution >= 4 is 16.8 Å². The van der Waals surface area contributed by atoms with Crippen LogP contribution in [0.1, 0.15) is 29.5 Å². The smallest absolute Gasteiger partial charge is 0.276 e. The van der Waals surface area contributed by atoms with Gasteiger partial charge in [0.25, 0.3) is 5.91 Å². The summed E-state index contributed by atoms with van der Waals surface area (Å²) in [6.45, 7) is 5.94. The van der Waals surface area contributed by atoms with Gasteiger partial charge in [0.2, 0.25) is 0 Å². The molecule has 0 aliphatic carbocycles. The van der Waals surface area contributed by atoms with Crippen molar-refractivity contribution in [2.24, 2.45) is 11.1 Å². The summed E-state index contributed by atoms with van der Waals surface area (Å²) >= 11 is 0. The van der Waals surface area contributed by atoms with Crippen LogP contribution in [0.15, 0.2) is 36.5 Å². The first-order chi connectivity index (χ1) is 12.5. The summed E-state index contributed by atoms with van der Waals surface area (Å²) in [5.74, 6) is -0.0756. The molecule has 1 amide bonds. The van der Waals surface area contributed by atoms with Crippen molar-refractivity contribution in [3.05, 3.63) is 47.9 Å². The monoisotopic (exact) mass is 350 g/mol. The highest BCUT2D eigenvalue weighted by Crippen LogP contribution is 2.29. The molecule has 1 saturated heterocycles. The van der Waals surface area contributed by atoms with Crippen LogP contribution in [0, 0.1) is 12.3 Å². The summed E-state index contributed by atoms with van der Waals surface area (Å²) in [7, 11) is 0. The van der Waals surface area contributed by atoms with E-state index in [-0.39, 0.29) is 11.3 Å². The van der Waals surface area contributed by atoms with Gasteiger partial charge in [-0.1, -0.05) is 18.2 Å². The molecule has 1 aliphatic rings. The predicted octanol–water partition coefficient (Wildman–Crippen LogP) is 1.93. The Morgan fingerprint density at radius 2 is 2.19 bits per heavy atom. The Labute approximate surface area is 151 Å². The fraction of sp³-hybridized carbons (Fsp3) is 0.368. The summed E-state index contributed by atoms with van der Waals surface area (Å²) in [5, 5.41) is 9.40. The third kappa shape index (κ3) is 2.74. The molecule has 3 heterocycles. The summed E-state index contributed by atoms with van der Waals surface area (Å²) in [4.78, 5) is 19.0. The number of nitrogens with two attached hydrogens (primary N) is 1. The van der Waals surface area contributed by atoms with Crippen LogP contribution in [-0.2, 0) is 0 Å². The van der Waals surface area contributed by atoms with Gasteiger partial charge in [0.05, 0.1) is 16.9 Å². The molecule has 3 aromatic rings. The van der Waals surface area contributed by atoms with Crippen molar-refractivity contribution in [1.82, 2.24) is 24.9 Å². The number of hydrogen-bond donors (Lipinski definition) is 1. The Bertz CT molecular complexity index is 981. The van der Waals surface area contributed by atoms with E-state index in [0.29, 0.717) is 25.3 Å². The molecule has 2 N–H and O–H groups in total. The molecular formula is C19H22N6O. The van der Waals surface area contributed by atoms with Gasteiger partial charge in [0.1, 0.15) is 0 Å². The van der Waals surface area contributed by atoms with E-state index in [1.165, 1.54) is 0 Å². The molecule has 0 saturated carbocycles. The number of carbonyl (C=O) groups is 1. The van der Waals surface area contributed by atoms with Crippen molar-refractivity contribution in [3.63, 3.8) is 0 Å². The minimum absolute atomic E-state index is 0.00902. The topological polar surface area (TPSA) is 89.9 Å². The lowest BCUT2D eigenvalue weighted by Gasteiger charge is -2.22. The van der Waals surface area contributed by atoms with Gasteiger partial charge in [-0.25, -0.2) is 4.68 Å². The average Bonchev–Trinajstić information content (AvgIpc) is 3.25. The second kappa shape index (κ2) is 6.17. The molecule has 1 unspecified atom stereocenters. The number of likely N-dealkylation sites (tertiary alicyclic amines) is 1. The Morgan fingerprint density at radius 1 is 1.35 bits per heavy atom. The number of pyridine rings is 1. The van der Waals surface area contributed by atoms with Gasteiger partial charge in [0, 0.05) is 24.7 Å². The molecule has 0 bridgehead atoms. The molecule has 26 heavy (non-hydrogen) atoms. The van der Waals surface area contributed by atoms with Crippen molar-refractivity contribution in [2.75, 3.05) is 19.6 Å². The number of nitrogens with zero attached hydrogens (tertiary/aromatic N) is 5. The molecule has 4 rings (SSSR count). The standard InChI is InChI=1S/C19H22N6O/c1-13-17(18(26)24-9-7-19(2,11-20)12-24)22-23-25(13)15-5-6-16-14(10-15)4-3-8-21-16/h3-6,8,10H,7,9,11-12,20H2,1-2H3. The summed E-state index contributed by atoms with van der Waals surface area (Å²) in [5.41, 5.74) is 8.76. The molecule has 1 aliphatic heterocycles. The van der Waals surface area contributed by atoms with Crippen molar-refractivity contribution in [1.29, 1.82) is 0 Å². The number of amides is 1. The maximum Gasteiger partial charge on any atom is 0.276 e. The van der Waals surface area contributed by atoms with E-state index in [1.807, 2.05) is 42.2 Å². The molecule has 134 valence electrons. The van der Waals surface area contributed by atoms with Gasteiger partial charge in [-0.05, 0) is 49.6 Å². The van der Waals surface area contributed by atoms with Gasteiger partial charge >= 0.3 is 0 Å². The van der Waals surface area contributed by atoms with Crippen LogP contribution in [0.3, 0.4) is 0 Å². The highest BCUT2D eigenvalue weighted by Gasteiger charge is 2.36. The quantitative estimate of drug-likeness (QED) is 0.779. The Kier molecular flexibility index (Phi) is 3.96. The van der Waals surface area contributed by atoms with E-state index < -0.39 is 0 Å². The highest BCUT2D eigenvalue weighted by molar-refractivity contribution is 5.93. The maximum atomic E-state index is 12.9. The molecule has 0 spiro atoms. The first-order valence-corrected chi connectivity index (χ1v) is 8.78. The molecule has 2 aromatic heterocycles. The van der Waals surface area contributed by atoms with E-state index in [2.05, 4.69) is 22.2 Å². The number of aromatic nitrogens is 4. The van der Waals surface area contributed by atoms with Crippen LogP contribution >= 0.6 is 0 Å². The predicted molar refractivity (Wildman–Crippen MR) is 99.1 cm³/mol. The zero-order valence-corrected chi connectivity index (χ0v) is 15.0. The SMILES string of the molecule is Cc1c(C(=O)N2CCC(C)(CN)C2)nnn1-c1ccc2ncccc2c1. The van der Waals surface area contributed by atoms with Crippen LogP contribution in [0.2, 0.25) is 0 Å². The number of fused-ring (bicyclic) bond motifs is 1. The third-order valence-electron chi connectivity index (χ3n) is 5.27. The van der Waals surface area contributed by atoms with Gasteiger partial charge in [-0.2, -0.15) is 0 Å². The van der Waals surface area contributed by atoms with Crippen molar-refractivity contribution in [2.45, 2.75) is 20.3 Å². The summed E-state index contributed by atoms with van der Waals surface area (Å²) < 4.78 is 1.71. The highest BCUT2D eigenvalue weighted by atomic mass is 16.2. The van der Waals surface area contributed by atoms with E-state index in [4.69, 9.17) is 5.73 Å². The molecule has 0 radical (unpaired) electrons. The lowest BCUT2D eigenvalue weighted by atomic mass is 9.90. The Morgan fingerprint density at radius 3 is 2.96 bits per heavy atom. The van der Waals surface area contributed by atoms with Crippen molar-refractivity contribution < 1.29 is 4.79 Å². The lowest BCUT2D eigenvalue weighted by Crippen LogP contribution is -2.35. The Balaban J connectivity index is 1.64. The zero-order valence-electron chi connectivity index (χ0n) is 15.0. The van der Waals surface area contributed by atoms with E-state index in [1.54, 1.807) is 10.9 Å². The van der Waals surface area contributed by atoms with Crippen LogP contribution in [0.4, 0.5) is 0 Å². The van der Waals surface area contributed by atoms with E-state index in [0.717, 1.165) is 28.7 Å². The summed E-state index contributed by atoms with van der Waals surface area (Å²) in [6.07, 6.45) is 2.69. The maximum absolute atomic E-state index is 12.9. The second-order valence-electron chi connectivity index (χ2n) is 7.31. The normalized spacial score (nSPS) is 20.0. The van der Waals surface area contributed by atoms with Crippen LogP contribution < -0.4 is 5.73 Å². The molecule has 7 heteroatoms. The number of hydrogen-bond acceptors (Lipinski definition) is 5. The van der Waals surface area contributed by atoms with E-state index >= 15 is 0 Å². The fourth-order valence-corrected chi connectivity index (χ4v) is 3.48. The fourth-order valence-electron chi connectivity index (χ4n) is 3.48. The molecule has 7 nitrogen and oxygen atoms in total. The number of benzene rings is 1. The van der Waals surface area contributed by atoms with Gasteiger partial charge < -0.3 is 10.6 Å². The van der Waals surface area contributed by atoms with Gasteiger partial charge in [-0.15, -0.1) is 5.10 Å². The van der Waals surface area contributed by atoms with Crippen molar-refractivity contribution in [3.8, 4) is 5.69 Å². The molecule has 1 atom stereocenters. The van der Waals surface area contributed by atoms with E-state index in [9.17, 15) is 4.79 Å². The Hall–Kier alpha value is -2.80. The average molecular weight is 350 g/mol.